The lowest BCUT2D eigenvalue weighted by molar-refractivity contribution is 0.761. The Balaban J connectivity index is 2.04. The van der Waals surface area contributed by atoms with Crippen molar-refractivity contribution in [2.75, 3.05) is 7.05 Å². The maximum atomic E-state index is 4.28. The molecule has 0 saturated heterocycles. The van der Waals surface area contributed by atoms with Crippen molar-refractivity contribution in [2.45, 2.75) is 13.1 Å². The lowest BCUT2D eigenvalue weighted by Gasteiger charge is -1.97. The SMILES string of the molecule is CNCc1cn(Cc2cnn(C)c2)cn1. The van der Waals surface area contributed by atoms with E-state index in [2.05, 4.69) is 20.0 Å². The molecule has 1 N–H and O–H groups in total. The second-order valence-corrected chi connectivity index (χ2v) is 3.59. The Bertz CT molecular complexity index is 428. The van der Waals surface area contributed by atoms with E-state index in [0.717, 1.165) is 18.8 Å². The fourth-order valence-electron chi connectivity index (χ4n) is 1.53. The largest absolute Gasteiger partial charge is 0.333 e. The molecule has 0 spiro atoms. The molecule has 0 aliphatic rings. The van der Waals surface area contributed by atoms with Gasteiger partial charge in [0, 0.05) is 31.5 Å². The van der Waals surface area contributed by atoms with Gasteiger partial charge in [0.2, 0.25) is 0 Å². The van der Waals surface area contributed by atoms with Crippen molar-refractivity contribution in [3.05, 3.63) is 36.2 Å². The van der Waals surface area contributed by atoms with Gasteiger partial charge in [-0.3, -0.25) is 4.68 Å². The summed E-state index contributed by atoms with van der Waals surface area (Å²) in [5.74, 6) is 0. The van der Waals surface area contributed by atoms with E-state index < -0.39 is 0 Å². The molecule has 5 nitrogen and oxygen atoms in total. The first-order valence-corrected chi connectivity index (χ1v) is 4.90. The van der Waals surface area contributed by atoms with E-state index in [4.69, 9.17) is 0 Å². The number of rotatable bonds is 4. The predicted octanol–water partition coefficient (Wildman–Crippen LogP) is 0.384. The number of nitrogens with one attached hydrogen (secondary N) is 1. The Labute approximate surface area is 88.7 Å². The predicted molar refractivity (Wildman–Crippen MR) is 57.3 cm³/mol. The number of hydrogen-bond donors (Lipinski definition) is 1. The fourth-order valence-corrected chi connectivity index (χ4v) is 1.53. The van der Waals surface area contributed by atoms with E-state index in [1.807, 2.05) is 39.0 Å². The average Bonchev–Trinajstić information content (AvgIpc) is 2.78. The minimum absolute atomic E-state index is 0.806. The molecule has 0 saturated carbocycles. The van der Waals surface area contributed by atoms with Gasteiger partial charge in [0.15, 0.2) is 0 Å². The van der Waals surface area contributed by atoms with Crippen LogP contribution in [0.4, 0.5) is 0 Å². The summed E-state index contributed by atoms with van der Waals surface area (Å²) < 4.78 is 3.87. The molecule has 2 heterocycles. The van der Waals surface area contributed by atoms with E-state index in [9.17, 15) is 0 Å². The third-order valence-corrected chi connectivity index (χ3v) is 2.17. The van der Waals surface area contributed by atoms with Crippen molar-refractivity contribution in [3.63, 3.8) is 0 Å². The van der Waals surface area contributed by atoms with Crippen LogP contribution in [0.3, 0.4) is 0 Å². The van der Waals surface area contributed by atoms with Crippen molar-refractivity contribution >= 4 is 0 Å². The van der Waals surface area contributed by atoms with Gasteiger partial charge in [-0.25, -0.2) is 4.98 Å². The third-order valence-electron chi connectivity index (χ3n) is 2.17. The highest BCUT2D eigenvalue weighted by Crippen LogP contribution is 2.02. The number of nitrogens with zero attached hydrogens (tertiary/aromatic N) is 4. The second kappa shape index (κ2) is 4.27. The third kappa shape index (κ3) is 2.44. The molecule has 0 atom stereocenters. The quantitative estimate of drug-likeness (QED) is 0.785. The summed E-state index contributed by atoms with van der Waals surface area (Å²) in [6.07, 6.45) is 7.78. The Kier molecular flexibility index (Phi) is 2.82. The summed E-state index contributed by atoms with van der Waals surface area (Å²) >= 11 is 0. The number of hydrogen-bond acceptors (Lipinski definition) is 3. The normalized spacial score (nSPS) is 10.8. The summed E-state index contributed by atoms with van der Waals surface area (Å²) in [4.78, 5) is 4.28. The number of imidazole rings is 1. The van der Waals surface area contributed by atoms with Crippen LogP contribution in [0.1, 0.15) is 11.3 Å². The van der Waals surface area contributed by atoms with Gasteiger partial charge in [-0.1, -0.05) is 0 Å². The molecule has 0 radical (unpaired) electrons. The first kappa shape index (κ1) is 9.92. The first-order chi connectivity index (χ1) is 7.28. The molecule has 0 aliphatic carbocycles. The minimum atomic E-state index is 0.806. The molecule has 5 heteroatoms. The molecule has 0 aliphatic heterocycles. The van der Waals surface area contributed by atoms with Gasteiger partial charge < -0.3 is 9.88 Å². The van der Waals surface area contributed by atoms with Crippen molar-refractivity contribution in [1.82, 2.24) is 24.6 Å². The van der Waals surface area contributed by atoms with Crippen LogP contribution in [0.25, 0.3) is 0 Å². The standard InChI is InChI=1S/C10H15N5/c1-11-4-10-7-15(8-12-10)6-9-3-13-14(2)5-9/h3,5,7-8,11H,4,6H2,1-2H3. The first-order valence-electron chi connectivity index (χ1n) is 4.90. The molecule has 0 amide bonds. The maximum Gasteiger partial charge on any atom is 0.0953 e. The van der Waals surface area contributed by atoms with Gasteiger partial charge in [-0.15, -0.1) is 0 Å². The minimum Gasteiger partial charge on any atom is -0.333 e. The molecule has 2 aromatic rings. The van der Waals surface area contributed by atoms with Gasteiger partial charge in [0.1, 0.15) is 0 Å². The lowest BCUT2D eigenvalue weighted by Crippen LogP contribution is -2.05. The summed E-state index contributed by atoms with van der Waals surface area (Å²) in [5, 5.41) is 7.20. The van der Waals surface area contributed by atoms with Crippen LogP contribution >= 0.6 is 0 Å². The van der Waals surface area contributed by atoms with Crippen molar-refractivity contribution in [3.8, 4) is 0 Å². The second-order valence-electron chi connectivity index (χ2n) is 3.59. The van der Waals surface area contributed by atoms with E-state index in [1.165, 1.54) is 5.56 Å². The summed E-state index contributed by atoms with van der Waals surface area (Å²) in [5.41, 5.74) is 2.24. The Morgan fingerprint density at radius 1 is 1.40 bits per heavy atom. The molecule has 0 aromatic carbocycles. The Morgan fingerprint density at radius 3 is 2.93 bits per heavy atom. The molecular formula is C10H15N5. The number of aromatic nitrogens is 4. The van der Waals surface area contributed by atoms with E-state index >= 15 is 0 Å². The van der Waals surface area contributed by atoms with E-state index in [0.29, 0.717) is 0 Å². The molecule has 80 valence electrons. The van der Waals surface area contributed by atoms with Crippen molar-refractivity contribution in [2.24, 2.45) is 7.05 Å². The molecule has 2 rings (SSSR count). The van der Waals surface area contributed by atoms with Gasteiger partial charge in [0.25, 0.3) is 0 Å². The average molecular weight is 205 g/mol. The van der Waals surface area contributed by atoms with Crippen molar-refractivity contribution in [1.29, 1.82) is 0 Å². The van der Waals surface area contributed by atoms with Gasteiger partial charge in [0.05, 0.1) is 24.8 Å². The summed E-state index contributed by atoms with van der Waals surface area (Å²) in [7, 11) is 3.84. The lowest BCUT2D eigenvalue weighted by atomic mass is 10.3. The Morgan fingerprint density at radius 2 is 2.27 bits per heavy atom. The topological polar surface area (TPSA) is 47.7 Å². The zero-order valence-electron chi connectivity index (χ0n) is 9.01. The molecule has 2 aromatic heterocycles. The van der Waals surface area contributed by atoms with Crippen LogP contribution in [0.5, 0.6) is 0 Å². The zero-order chi connectivity index (χ0) is 10.7. The van der Waals surface area contributed by atoms with Crippen LogP contribution in [0.2, 0.25) is 0 Å². The Hall–Kier alpha value is -1.62. The highest BCUT2D eigenvalue weighted by molar-refractivity contribution is 5.06. The van der Waals surface area contributed by atoms with Crippen LogP contribution in [-0.4, -0.2) is 26.4 Å². The van der Waals surface area contributed by atoms with E-state index in [-0.39, 0.29) is 0 Å². The molecular weight excluding hydrogens is 190 g/mol. The van der Waals surface area contributed by atoms with Crippen LogP contribution in [-0.2, 0) is 20.1 Å². The van der Waals surface area contributed by atoms with Crippen LogP contribution < -0.4 is 5.32 Å². The molecule has 0 unspecified atom stereocenters. The molecule has 15 heavy (non-hydrogen) atoms. The van der Waals surface area contributed by atoms with Crippen LogP contribution in [0.15, 0.2) is 24.9 Å². The van der Waals surface area contributed by atoms with Crippen molar-refractivity contribution < 1.29 is 0 Å². The van der Waals surface area contributed by atoms with E-state index in [1.54, 1.807) is 4.68 Å². The zero-order valence-corrected chi connectivity index (χ0v) is 9.01. The van der Waals surface area contributed by atoms with Gasteiger partial charge >= 0.3 is 0 Å². The molecule has 0 bridgehead atoms. The summed E-state index contributed by atoms with van der Waals surface area (Å²) in [6, 6.07) is 0. The van der Waals surface area contributed by atoms with Gasteiger partial charge in [-0.2, -0.15) is 5.10 Å². The monoisotopic (exact) mass is 205 g/mol. The smallest absolute Gasteiger partial charge is 0.0953 e. The molecule has 0 fully saturated rings. The fraction of sp³-hybridized carbons (Fsp3) is 0.400. The van der Waals surface area contributed by atoms with Crippen LogP contribution in [0, 0.1) is 0 Å². The highest BCUT2D eigenvalue weighted by atomic mass is 15.2. The maximum absolute atomic E-state index is 4.28. The highest BCUT2D eigenvalue weighted by Gasteiger charge is 2.00. The number of aryl methyl sites for hydroxylation is 1. The van der Waals surface area contributed by atoms with Gasteiger partial charge in [-0.05, 0) is 7.05 Å². The summed E-state index contributed by atoms with van der Waals surface area (Å²) in [6.45, 7) is 1.63.